The maximum atomic E-state index is 11.8. The van der Waals surface area contributed by atoms with E-state index in [0.717, 1.165) is 11.3 Å². The molecule has 0 spiro atoms. The molecule has 1 atom stereocenters. The van der Waals surface area contributed by atoms with Gasteiger partial charge in [0.2, 0.25) is 10.1 Å². The molecule has 1 aliphatic rings. The van der Waals surface area contributed by atoms with Gasteiger partial charge in [-0.05, 0) is 13.3 Å². The standard InChI is InChI=1S/C8H12N4O3S2/c1-8(2-3-17(14,15)4-8)10-5(13)6-11-12-7(9)16-6/h2-4H2,1H3,(H2,9,12)(H,10,13). The molecule has 1 saturated heterocycles. The first-order valence-corrected chi connectivity index (χ1v) is 7.55. The number of sulfone groups is 1. The van der Waals surface area contributed by atoms with Crippen LogP contribution in [0.15, 0.2) is 0 Å². The van der Waals surface area contributed by atoms with E-state index in [-0.39, 0.29) is 21.6 Å². The second-order valence-electron chi connectivity index (χ2n) is 4.30. The van der Waals surface area contributed by atoms with Crippen LogP contribution in [0.1, 0.15) is 23.1 Å². The third kappa shape index (κ3) is 2.72. The highest BCUT2D eigenvalue weighted by atomic mass is 32.2. The van der Waals surface area contributed by atoms with Gasteiger partial charge >= 0.3 is 0 Å². The number of amides is 1. The summed E-state index contributed by atoms with van der Waals surface area (Å²) in [5, 5.41) is 10.2. The maximum absolute atomic E-state index is 11.8. The molecule has 3 N–H and O–H groups in total. The zero-order valence-electron chi connectivity index (χ0n) is 9.13. The van der Waals surface area contributed by atoms with Gasteiger partial charge in [0.05, 0.1) is 17.0 Å². The molecule has 0 bridgehead atoms. The molecule has 1 amide bonds. The first-order chi connectivity index (χ1) is 7.80. The second-order valence-corrected chi connectivity index (χ2v) is 7.50. The molecule has 1 aromatic heterocycles. The van der Waals surface area contributed by atoms with Crippen molar-refractivity contribution < 1.29 is 13.2 Å². The van der Waals surface area contributed by atoms with Gasteiger partial charge in [-0.2, -0.15) is 0 Å². The fourth-order valence-electron chi connectivity index (χ4n) is 1.76. The Kier molecular flexibility index (Phi) is 2.82. The van der Waals surface area contributed by atoms with Crippen LogP contribution in [0.5, 0.6) is 0 Å². The van der Waals surface area contributed by atoms with Gasteiger partial charge in [-0.15, -0.1) is 10.2 Å². The van der Waals surface area contributed by atoms with Crippen LogP contribution >= 0.6 is 11.3 Å². The minimum Gasteiger partial charge on any atom is -0.374 e. The Balaban J connectivity index is 2.10. The molecule has 1 aliphatic heterocycles. The van der Waals surface area contributed by atoms with Gasteiger partial charge in [0.25, 0.3) is 5.91 Å². The number of nitrogen functional groups attached to an aromatic ring is 1. The quantitative estimate of drug-likeness (QED) is 0.747. The SMILES string of the molecule is CC1(NC(=O)c2nnc(N)s2)CCS(=O)(=O)C1. The number of aromatic nitrogens is 2. The van der Waals surface area contributed by atoms with Crippen molar-refractivity contribution in [3.63, 3.8) is 0 Å². The number of hydrogen-bond acceptors (Lipinski definition) is 7. The molecule has 9 heteroatoms. The molecule has 0 radical (unpaired) electrons. The van der Waals surface area contributed by atoms with E-state index in [1.165, 1.54) is 0 Å². The molecule has 1 fully saturated rings. The number of rotatable bonds is 2. The smallest absolute Gasteiger partial charge is 0.282 e. The summed E-state index contributed by atoms with van der Waals surface area (Å²) in [5.41, 5.74) is 4.64. The first kappa shape index (κ1) is 12.2. The van der Waals surface area contributed by atoms with Crippen LogP contribution in [0.4, 0.5) is 5.13 Å². The Hall–Kier alpha value is -1.22. The summed E-state index contributed by atoms with van der Waals surface area (Å²) >= 11 is 0.972. The molecule has 17 heavy (non-hydrogen) atoms. The lowest BCUT2D eigenvalue weighted by atomic mass is 10.0. The van der Waals surface area contributed by atoms with E-state index in [2.05, 4.69) is 15.5 Å². The molecular weight excluding hydrogens is 264 g/mol. The van der Waals surface area contributed by atoms with Gasteiger partial charge in [-0.1, -0.05) is 11.3 Å². The minimum atomic E-state index is -3.05. The highest BCUT2D eigenvalue weighted by molar-refractivity contribution is 7.91. The lowest BCUT2D eigenvalue weighted by Crippen LogP contribution is -2.46. The molecule has 94 valence electrons. The largest absolute Gasteiger partial charge is 0.374 e. The van der Waals surface area contributed by atoms with Crippen molar-refractivity contribution in [2.24, 2.45) is 0 Å². The van der Waals surface area contributed by atoms with Crippen LogP contribution in [-0.4, -0.2) is 41.6 Å². The van der Waals surface area contributed by atoms with Crippen LogP contribution in [0.2, 0.25) is 0 Å². The van der Waals surface area contributed by atoms with Crippen LogP contribution < -0.4 is 11.1 Å². The fourth-order valence-corrected chi connectivity index (χ4v) is 4.36. The van der Waals surface area contributed by atoms with E-state index >= 15 is 0 Å². The number of hydrogen-bond donors (Lipinski definition) is 2. The number of nitrogens with zero attached hydrogens (tertiary/aromatic N) is 2. The van der Waals surface area contributed by atoms with Crippen molar-refractivity contribution in [3.8, 4) is 0 Å². The summed E-state index contributed by atoms with van der Waals surface area (Å²) in [6.45, 7) is 1.71. The van der Waals surface area contributed by atoms with E-state index in [1.807, 2.05) is 0 Å². The topological polar surface area (TPSA) is 115 Å². The molecule has 0 aliphatic carbocycles. The predicted octanol–water partition coefficient (Wildman–Crippen LogP) is -0.573. The molecule has 0 saturated carbocycles. The van der Waals surface area contributed by atoms with Crippen LogP contribution in [-0.2, 0) is 9.84 Å². The molecular formula is C8H12N4O3S2. The van der Waals surface area contributed by atoms with Crippen molar-refractivity contribution in [1.29, 1.82) is 0 Å². The van der Waals surface area contributed by atoms with Gasteiger partial charge in [-0.3, -0.25) is 4.79 Å². The Morgan fingerprint density at radius 3 is 2.71 bits per heavy atom. The monoisotopic (exact) mass is 276 g/mol. The molecule has 2 rings (SSSR count). The zero-order chi connectivity index (χ0) is 12.7. The Bertz CT molecular complexity index is 553. The predicted molar refractivity (Wildman–Crippen MR) is 63.5 cm³/mol. The Labute approximate surface area is 102 Å². The van der Waals surface area contributed by atoms with Crippen LogP contribution in [0.3, 0.4) is 0 Å². The lowest BCUT2D eigenvalue weighted by molar-refractivity contribution is 0.0914. The maximum Gasteiger partial charge on any atom is 0.282 e. The number of anilines is 1. The summed E-state index contributed by atoms with van der Waals surface area (Å²) in [5.74, 6) is -0.374. The van der Waals surface area contributed by atoms with E-state index < -0.39 is 21.3 Å². The second kappa shape index (κ2) is 3.91. The highest BCUT2D eigenvalue weighted by Crippen LogP contribution is 2.23. The van der Waals surface area contributed by atoms with Crippen molar-refractivity contribution in [1.82, 2.24) is 15.5 Å². The number of carbonyl (C=O) groups is 1. The van der Waals surface area contributed by atoms with Gasteiger partial charge in [0, 0.05) is 0 Å². The van der Waals surface area contributed by atoms with Crippen molar-refractivity contribution in [3.05, 3.63) is 5.01 Å². The number of carbonyl (C=O) groups excluding carboxylic acids is 1. The third-order valence-corrected chi connectivity index (χ3v) is 5.21. The van der Waals surface area contributed by atoms with E-state index in [1.54, 1.807) is 6.92 Å². The minimum absolute atomic E-state index is 0.0416. The van der Waals surface area contributed by atoms with Crippen LogP contribution in [0.25, 0.3) is 0 Å². The van der Waals surface area contributed by atoms with E-state index in [4.69, 9.17) is 5.73 Å². The van der Waals surface area contributed by atoms with Gasteiger partial charge < -0.3 is 11.1 Å². The normalized spacial score (nSPS) is 26.9. The summed E-state index contributed by atoms with van der Waals surface area (Å²) in [6, 6.07) is 0. The molecule has 1 aromatic rings. The van der Waals surface area contributed by atoms with Gasteiger partial charge in [-0.25, -0.2) is 8.42 Å². The fraction of sp³-hybridized carbons (Fsp3) is 0.625. The number of nitrogens with one attached hydrogen (secondary N) is 1. The Morgan fingerprint density at radius 2 is 2.24 bits per heavy atom. The first-order valence-electron chi connectivity index (χ1n) is 4.92. The average Bonchev–Trinajstić information content (AvgIpc) is 2.71. The van der Waals surface area contributed by atoms with Gasteiger partial charge in [0.1, 0.15) is 0 Å². The highest BCUT2D eigenvalue weighted by Gasteiger charge is 2.40. The van der Waals surface area contributed by atoms with E-state index in [9.17, 15) is 13.2 Å². The van der Waals surface area contributed by atoms with Crippen molar-refractivity contribution in [2.45, 2.75) is 18.9 Å². The summed E-state index contributed by atoms with van der Waals surface area (Å²) in [7, 11) is -3.05. The number of nitrogens with two attached hydrogens (primary N) is 1. The van der Waals surface area contributed by atoms with E-state index in [0.29, 0.717) is 6.42 Å². The molecule has 7 nitrogen and oxygen atoms in total. The summed E-state index contributed by atoms with van der Waals surface area (Å²) < 4.78 is 22.7. The summed E-state index contributed by atoms with van der Waals surface area (Å²) in [4.78, 5) is 11.8. The molecule has 2 heterocycles. The zero-order valence-corrected chi connectivity index (χ0v) is 10.8. The Morgan fingerprint density at radius 1 is 1.53 bits per heavy atom. The third-order valence-electron chi connectivity index (χ3n) is 2.55. The molecule has 1 unspecified atom stereocenters. The summed E-state index contributed by atoms with van der Waals surface area (Å²) in [6.07, 6.45) is 0.412. The average molecular weight is 276 g/mol. The van der Waals surface area contributed by atoms with Crippen molar-refractivity contribution >= 4 is 32.2 Å². The van der Waals surface area contributed by atoms with Gasteiger partial charge in [0.15, 0.2) is 9.84 Å². The lowest BCUT2D eigenvalue weighted by Gasteiger charge is -2.22. The van der Waals surface area contributed by atoms with Crippen molar-refractivity contribution in [2.75, 3.05) is 17.2 Å². The van der Waals surface area contributed by atoms with Crippen LogP contribution in [0, 0.1) is 0 Å². The molecule has 0 aromatic carbocycles.